The zero-order valence-electron chi connectivity index (χ0n) is 15.5. The molecule has 6 nitrogen and oxygen atoms in total. The van der Waals surface area contributed by atoms with E-state index in [0.29, 0.717) is 25.3 Å². The third-order valence-electron chi connectivity index (χ3n) is 4.71. The fourth-order valence-electron chi connectivity index (χ4n) is 3.13. The van der Waals surface area contributed by atoms with Gasteiger partial charge in [0.1, 0.15) is 18.2 Å². The van der Waals surface area contributed by atoms with Crippen molar-refractivity contribution in [3.8, 4) is 11.4 Å². The van der Waals surface area contributed by atoms with Crippen molar-refractivity contribution in [1.29, 1.82) is 0 Å². The molecular weight excluding hydrogens is 359 g/mol. The van der Waals surface area contributed by atoms with Crippen molar-refractivity contribution >= 4 is 5.91 Å². The van der Waals surface area contributed by atoms with Gasteiger partial charge in [-0.2, -0.15) is 5.10 Å². The van der Waals surface area contributed by atoms with Gasteiger partial charge in [0.05, 0.1) is 11.4 Å². The van der Waals surface area contributed by atoms with Crippen LogP contribution in [0.1, 0.15) is 27.2 Å². The van der Waals surface area contributed by atoms with Gasteiger partial charge in [-0.05, 0) is 49.4 Å². The highest BCUT2D eigenvalue weighted by molar-refractivity contribution is 5.94. The molecule has 0 fully saturated rings. The largest absolute Gasteiger partial charge is 0.492 e. The second-order valence-electron chi connectivity index (χ2n) is 6.69. The van der Waals surface area contributed by atoms with E-state index < -0.39 is 0 Å². The minimum Gasteiger partial charge on any atom is -0.492 e. The van der Waals surface area contributed by atoms with Crippen LogP contribution in [0.2, 0.25) is 0 Å². The van der Waals surface area contributed by atoms with Crippen LogP contribution in [0.25, 0.3) is 5.69 Å². The minimum absolute atomic E-state index is 0.152. The average Bonchev–Trinajstić information content (AvgIpc) is 2.92. The topological polar surface area (TPSA) is 68.2 Å². The van der Waals surface area contributed by atoms with Crippen molar-refractivity contribution in [3.05, 3.63) is 76.9 Å². The van der Waals surface area contributed by atoms with Gasteiger partial charge in [0.15, 0.2) is 0 Å². The first-order valence-electron chi connectivity index (χ1n) is 9.16. The highest BCUT2D eigenvalue weighted by Gasteiger charge is 2.14. The van der Waals surface area contributed by atoms with Crippen molar-refractivity contribution in [2.75, 3.05) is 13.2 Å². The summed E-state index contributed by atoms with van der Waals surface area (Å²) in [4.78, 5) is 12.6. The average molecular weight is 380 g/mol. The zero-order valence-corrected chi connectivity index (χ0v) is 15.5. The number of halogens is 1. The molecule has 1 aromatic heterocycles. The first-order valence-corrected chi connectivity index (χ1v) is 9.16. The predicted octanol–water partition coefficient (Wildman–Crippen LogP) is 2.73. The molecular formula is C21H21FN4O2. The Labute approximate surface area is 162 Å². The molecule has 1 aliphatic heterocycles. The maximum atomic E-state index is 13.1. The Bertz CT molecular complexity index is 998. The van der Waals surface area contributed by atoms with Crippen LogP contribution in [0.15, 0.2) is 48.7 Å². The molecule has 0 atom stereocenters. The van der Waals surface area contributed by atoms with Crippen LogP contribution in [-0.2, 0) is 13.1 Å². The van der Waals surface area contributed by atoms with Crippen molar-refractivity contribution in [1.82, 2.24) is 20.4 Å². The molecule has 2 heterocycles. The molecule has 0 saturated heterocycles. The van der Waals surface area contributed by atoms with E-state index in [1.54, 1.807) is 22.9 Å². The van der Waals surface area contributed by atoms with Crippen LogP contribution in [0.4, 0.5) is 4.39 Å². The van der Waals surface area contributed by atoms with Gasteiger partial charge in [0.2, 0.25) is 0 Å². The third kappa shape index (κ3) is 3.89. The highest BCUT2D eigenvalue weighted by atomic mass is 19.1. The Morgan fingerprint density at radius 3 is 2.93 bits per heavy atom. The maximum Gasteiger partial charge on any atom is 0.251 e. The number of amides is 1. The van der Waals surface area contributed by atoms with Gasteiger partial charge < -0.3 is 15.4 Å². The van der Waals surface area contributed by atoms with Crippen LogP contribution in [0.5, 0.6) is 5.75 Å². The summed E-state index contributed by atoms with van der Waals surface area (Å²) in [5.74, 6) is 0.375. The van der Waals surface area contributed by atoms with E-state index >= 15 is 0 Å². The number of fused-ring (bicyclic) bond motifs is 1. The molecule has 28 heavy (non-hydrogen) atoms. The van der Waals surface area contributed by atoms with Crippen molar-refractivity contribution in [3.63, 3.8) is 0 Å². The molecule has 1 aliphatic rings. The summed E-state index contributed by atoms with van der Waals surface area (Å²) in [7, 11) is 0. The molecule has 4 rings (SSSR count). The van der Waals surface area contributed by atoms with Gasteiger partial charge in [-0.1, -0.05) is 0 Å². The number of nitrogens with zero attached hydrogens (tertiary/aromatic N) is 2. The Morgan fingerprint density at radius 2 is 2.11 bits per heavy atom. The SMILES string of the molecule is Cc1nn(-c2ccc(F)cc2)cc1CNC(=O)c1ccc2c(c1)CNCCO2. The van der Waals surface area contributed by atoms with Gasteiger partial charge in [-0.25, -0.2) is 9.07 Å². The summed E-state index contributed by atoms with van der Waals surface area (Å²) < 4.78 is 20.4. The van der Waals surface area contributed by atoms with E-state index in [9.17, 15) is 9.18 Å². The summed E-state index contributed by atoms with van der Waals surface area (Å²) in [5, 5.41) is 10.7. The van der Waals surface area contributed by atoms with Crippen molar-refractivity contribution in [2.45, 2.75) is 20.0 Å². The van der Waals surface area contributed by atoms with Crippen LogP contribution in [0.3, 0.4) is 0 Å². The molecule has 0 saturated carbocycles. The first kappa shape index (κ1) is 18.2. The Kier molecular flexibility index (Phi) is 5.08. The molecule has 1 amide bonds. The van der Waals surface area contributed by atoms with Crippen LogP contribution >= 0.6 is 0 Å². The number of ether oxygens (including phenoxy) is 1. The number of aryl methyl sites for hydroxylation is 1. The molecule has 2 N–H and O–H groups in total. The number of rotatable bonds is 4. The fraction of sp³-hybridized carbons (Fsp3) is 0.238. The van der Waals surface area contributed by atoms with Crippen LogP contribution in [0, 0.1) is 12.7 Å². The third-order valence-corrected chi connectivity index (χ3v) is 4.71. The van der Waals surface area contributed by atoms with Crippen LogP contribution in [-0.4, -0.2) is 28.8 Å². The molecule has 0 unspecified atom stereocenters. The second-order valence-corrected chi connectivity index (χ2v) is 6.69. The lowest BCUT2D eigenvalue weighted by molar-refractivity contribution is 0.0950. The highest BCUT2D eigenvalue weighted by Crippen LogP contribution is 2.22. The number of hydrogen-bond donors (Lipinski definition) is 2. The van der Waals surface area contributed by atoms with Gasteiger partial charge >= 0.3 is 0 Å². The molecule has 0 bridgehead atoms. The minimum atomic E-state index is -0.290. The van der Waals surface area contributed by atoms with E-state index in [1.807, 2.05) is 25.3 Å². The van der Waals surface area contributed by atoms with Crippen LogP contribution < -0.4 is 15.4 Å². The molecule has 3 aromatic rings. The standard InChI is InChI=1S/C21H21FN4O2/c1-14-17(13-26(25-14)19-5-3-18(22)4-6-19)12-24-21(27)15-2-7-20-16(10-15)11-23-8-9-28-20/h2-7,10,13,23H,8-9,11-12H2,1H3,(H,24,27). The molecule has 144 valence electrons. The predicted molar refractivity (Wildman–Crippen MR) is 103 cm³/mol. The molecule has 2 aromatic carbocycles. The lowest BCUT2D eigenvalue weighted by Gasteiger charge is -2.09. The Morgan fingerprint density at radius 1 is 1.29 bits per heavy atom. The monoisotopic (exact) mass is 380 g/mol. The molecule has 0 aliphatic carbocycles. The van der Waals surface area contributed by atoms with Crippen molar-refractivity contribution < 1.29 is 13.9 Å². The summed E-state index contributed by atoms with van der Waals surface area (Å²) in [6.45, 7) is 4.33. The quantitative estimate of drug-likeness (QED) is 0.730. The van der Waals surface area contributed by atoms with E-state index in [4.69, 9.17) is 4.74 Å². The number of carbonyl (C=O) groups is 1. The lowest BCUT2D eigenvalue weighted by Crippen LogP contribution is -2.23. The number of nitrogens with one attached hydrogen (secondary N) is 2. The van der Waals surface area contributed by atoms with Gasteiger partial charge in [-0.15, -0.1) is 0 Å². The number of carbonyl (C=O) groups excluding carboxylic acids is 1. The first-order chi connectivity index (χ1) is 13.6. The summed E-state index contributed by atoms with van der Waals surface area (Å²) >= 11 is 0. The van der Waals surface area contributed by atoms with E-state index in [2.05, 4.69) is 15.7 Å². The van der Waals surface area contributed by atoms with E-state index in [0.717, 1.165) is 34.8 Å². The normalized spacial score (nSPS) is 13.4. The van der Waals surface area contributed by atoms with E-state index in [1.165, 1.54) is 12.1 Å². The van der Waals surface area contributed by atoms with Gasteiger partial charge in [-0.3, -0.25) is 4.79 Å². The van der Waals surface area contributed by atoms with Crippen molar-refractivity contribution in [2.24, 2.45) is 0 Å². The number of benzene rings is 2. The number of aromatic nitrogens is 2. The van der Waals surface area contributed by atoms with Gasteiger partial charge in [0.25, 0.3) is 5.91 Å². The van der Waals surface area contributed by atoms with Gasteiger partial charge in [0, 0.05) is 42.5 Å². The molecule has 0 spiro atoms. The number of hydrogen-bond acceptors (Lipinski definition) is 4. The fourth-order valence-corrected chi connectivity index (χ4v) is 3.13. The Hall–Kier alpha value is -3.19. The Balaban J connectivity index is 1.45. The lowest BCUT2D eigenvalue weighted by atomic mass is 10.1. The smallest absolute Gasteiger partial charge is 0.251 e. The summed E-state index contributed by atoms with van der Waals surface area (Å²) in [6.07, 6.45) is 1.84. The molecule has 7 heteroatoms. The second kappa shape index (κ2) is 7.82. The maximum absolute atomic E-state index is 13.1. The molecule has 0 radical (unpaired) electrons. The van der Waals surface area contributed by atoms with E-state index in [-0.39, 0.29) is 11.7 Å². The zero-order chi connectivity index (χ0) is 19.5. The summed E-state index contributed by atoms with van der Waals surface area (Å²) in [6, 6.07) is 11.6. The summed E-state index contributed by atoms with van der Waals surface area (Å²) in [5.41, 5.74) is 4.04.